The molecule has 2 aromatic heterocycles. The van der Waals surface area contributed by atoms with Crippen molar-refractivity contribution in [1.29, 1.82) is 0 Å². The summed E-state index contributed by atoms with van der Waals surface area (Å²) in [6.07, 6.45) is 6.48. The number of nitrogens with one attached hydrogen (secondary N) is 1. The van der Waals surface area contributed by atoms with E-state index in [1.807, 2.05) is 11.8 Å². The number of anilines is 1. The zero-order valence-electron chi connectivity index (χ0n) is 19.4. The molecule has 3 heterocycles. The van der Waals surface area contributed by atoms with Crippen molar-refractivity contribution in [2.75, 3.05) is 18.0 Å². The van der Waals surface area contributed by atoms with Crippen molar-refractivity contribution in [3.8, 4) is 22.5 Å². The van der Waals surface area contributed by atoms with Crippen LogP contribution in [0.25, 0.3) is 22.5 Å². The fourth-order valence-electron chi connectivity index (χ4n) is 4.05. The van der Waals surface area contributed by atoms with Crippen LogP contribution in [0.15, 0.2) is 42.9 Å². The van der Waals surface area contributed by atoms with Crippen LogP contribution in [0.2, 0.25) is 5.02 Å². The van der Waals surface area contributed by atoms with Crippen molar-refractivity contribution in [3.05, 3.63) is 59.3 Å². The molecule has 4 rings (SSSR count). The number of aromatic nitrogens is 3. The van der Waals surface area contributed by atoms with E-state index in [2.05, 4.69) is 15.3 Å². The minimum atomic E-state index is -3.17. The topological polar surface area (TPSA) is 71.0 Å². The van der Waals surface area contributed by atoms with E-state index >= 15 is 4.39 Å². The van der Waals surface area contributed by atoms with Gasteiger partial charge in [0.2, 0.25) is 5.91 Å². The van der Waals surface area contributed by atoms with Crippen LogP contribution in [0.5, 0.6) is 0 Å². The molecule has 184 valence electrons. The van der Waals surface area contributed by atoms with Gasteiger partial charge in [-0.15, -0.1) is 0 Å². The van der Waals surface area contributed by atoms with Crippen LogP contribution in [-0.2, 0) is 10.7 Å². The van der Waals surface area contributed by atoms with Crippen LogP contribution in [0.4, 0.5) is 19.0 Å². The van der Waals surface area contributed by atoms with Crippen molar-refractivity contribution in [1.82, 2.24) is 20.3 Å². The first-order valence-corrected chi connectivity index (χ1v) is 11.7. The molecular weight excluding hydrogens is 479 g/mol. The van der Waals surface area contributed by atoms with Crippen LogP contribution in [0, 0.1) is 5.82 Å². The lowest BCUT2D eigenvalue weighted by atomic mass is 10.0. The van der Waals surface area contributed by atoms with E-state index in [1.165, 1.54) is 18.3 Å². The van der Waals surface area contributed by atoms with E-state index < -0.39 is 17.3 Å². The Kier molecular flexibility index (Phi) is 7.25. The zero-order valence-corrected chi connectivity index (χ0v) is 20.1. The predicted octanol–water partition coefficient (Wildman–Crippen LogP) is 5.60. The van der Waals surface area contributed by atoms with Gasteiger partial charge in [-0.05, 0) is 31.0 Å². The number of amides is 1. The third-order valence-electron chi connectivity index (χ3n) is 6.02. The molecule has 1 saturated heterocycles. The Bertz CT molecular complexity index is 1230. The first-order valence-electron chi connectivity index (χ1n) is 11.4. The molecule has 10 heteroatoms. The fourth-order valence-corrected chi connectivity index (χ4v) is 4.26. The lowest BCUT2D eigenvalue weighted by Gasteiger charge is -2.33. The highest BCUT2D eigenvalue weighted by atomic mass is 35.5. The molecule has 0 bridgehead atoms. The summed E-state index contributed by atoms with van der Waals surface area (Å²) in [4.78, 5) is 27.0. The van der Waals surface area contributed by atoms with Gasteiger partial charge in [-0.3, -0.25) is 9.78 Å². The van der Waals surface area contributed by atoms with Crippen LogP contribution >= 0.6 is 11.6 Å². The van der Waals surface area contributed by atoms with E-state index in [1.54, 1.807) is 18.5 Å². The normalized spacial score (nSPS) is 14.7. The molecule has 0 radical (unpaired) electrons. The van der Waals surface area contributed by atoms with E-state index in [4.69, 9.17) is 16.6 Å². The van der Waals surface area contributed by atoms with E-state index in [-0.39, 0.29) is 23.2 Å². The highest BCUT2D eigenvalue weighted by Crippen LogP contribution is 2.37. The Morgan fingerprint density at radius 2 is 1.91 bits per heavy atom. The maximum Gasteiger partial charge on any atom is 0.270 e. The SMILES string of the molecule is CCC(=O)NC1CCN(c2cnc(-c3ccc(C(C)(F)F)cc3F)c(-c3ccncc3Cl)n2)CC1. The minimum Gasteiger partial charge on any atom is -0.355 e. The largest absolute Gasteiger partial charge is 0.355 e. The molecule has 3 aromatic rings. The molecule has 0 saturated carbocycles. The smallest absolute Gasteiger partial charge is 0.270 e. The van der Waals surface area contributed by atoms with Gasteiger partial charge in [0.25, 0.3) is 5.92 Å². The standard InChI is InChI=1S/C25H25ClF3N5O/c1-3-22(35)32-16-7-10-34(11-8-16)21-14-31-23(24(33-21)17-6-9-30-13-19(17)26)18-5-4-15(12-20(18)27)25(2,28)29/h4-6,9,12-14,16H,3,7-8,10-11H2,1-2H3,(H,32,35). The summed E-state index contributed by atoms with van der Waals surface area (Å²) in [7, 11) is 0. The Morgan fingerprint density at radius 1 is 1.17 bits per heavy atom. The van der Waals surface area contributed by atoms with E-state index in [9.17, 15) is 13.6 Å². The Balaban J connectivity index is 1.71. The highest BCUT2D eigenvalue weighted by molar-refractivity contribution is 6.33. The summed E-state index contributed by atoms with van der Waals surface area (Å²) in [5.74, 6) is -3.40. The van der Waals surface area contributed by atoms with E-state index in [0.29, 0.717) is 41.6 Å². The summed E-state index contributed by atoms with van der Waals surface area (Å²) in [6, 6.07) is 5.04. The summed E-state index contributed by atoms with van der Waals surface area (Å²) < 4.78 is 42.4. The van der Waals surface area contributed by atoms with Gasteiger partial charge in [-0.2, -0.15) is 0 Å². The molecule has 1 N–H and O–H groups in total. The van der Waals surface area contributed by atoms with Crippen LogP contribution in [0.1, 0.15) is 38.7 Å². The number of halogens is 4. The van der Waals surface area contributed by atoms with Crippen molar-refractivity contribution >= 4 is 23.3 Å². The fraction of sp³-hybridized carbons (Fsp3) is 0.360. The van der Waals surface area contributed by atoms with E-state index in [0.717, 1.165) is 25.8 Å². The predicted molar refractivity (Wildman–Crippen MR) is 129 cm³/mol. The maximum atomic E-state index is 15.0. The van der Waals surface area contributed by atoms with Gasteiger partial charge in [0.15, 0.2) is 0 Å². The quantitative estimate of drug-likeness (QED) is 0.474. The average Bonchev–Trinajstić information content (AvgIpc) is 2.84. The third-order valence-corrected chi connectivity index (χ3v) is 6.32. The lowest BCUT2D eigenvalue weighted by Crippen LogP contribution is -2.44. The number of rotatable bonds is 6. The summed E-state index contributed by atoms with van der Waals surface area (Å²) >= 11 is 6.39. The van der Waals surface area contributed by atoms with Crippen LogP contribution < -0.4 is 10.2 Å². The summed E-state index contributed by atoms with van der Waals surface area (Å²) in [5.41, 5.74) is 0.632. The number of alkyl halides is 2. The first-order chi connectivity index (χ1) is 16.7. The van der Waals surface area contributed by atoms with Gasteiger partial charge in [0.1, 0.15) is 17.3 Å². The number of carbonyl (C=O) groups excluding carboxylic acids is 1. The molecule has 1 aliphatic heterocycles. The van der Waals surface area contributed by atoms with Crippen molar-refractivity contribution in [3.63, 3.8) is 0 Å². The van der Waals surface area contributed by atoms with Gasteiger partial charge in [-0.25, -0.2) is 23.1 Å². The van der Waals surface area contributed by atoms with Gasteiger partial charge in [0, 0.05) is 61.6 Å². The second-order valence-electron chi connectivity index (χ2n) is 8.55. The second kappa shape index (κ2) is 10.2. The number of carbonyl (C=O) groups is 1. The van der Waals surface area contributed by atoms with Crippen LogP contribution in [-0.4, -0.2) is 40.0 Å². The lowest BCUT2D eigenvalue weighted by molar-refractivity contribution is -0.121. The number of hydrogen-bond acceptors (Lipinski definition) is 5. The molecule has 6 nitrogen and oxygen atoms in total. The Labute approximate surface area is 206 Å². The van der Waals surface area contributed by atoms with Gasteiger partial charge >= 0.3 is 0 Å². The molecule has 1 aliphatic rings. The number of benzene rings is 1. The van der Waals surface area contributed by atoms with Crippen molar-refractivity contribution in [2.45, 2.75) is 45.1 Å². The van der Waals surface area contributed by atoms with Crippen molar-refractivity contribution in [2.24, 2.45) is 0 Å². The Morgan fingerprint density at radius 3 is 2.54 bits per heavy atom. The van der Waals surface area contributed by atoms with Gasteiger partial charge < -0.3 is 10.2 Å². The van der Waals surface area contributed by atoms with Gasteiger partial charge in [-0.1, -0.05) is 24.6 Å². The zero-order chi connectivity index (χ0) is 25.2. The van der Waals surface area contributed by atoms with Crippen LogP contribution in [0.3, 0.4) is 0 Å². The molecule has 0 aliphatic carbocycles. The van der Waals surface area contributed by atoms with Gasteiger partial charge in [0.05, 0.1) is 16.9 Å². The highest BCUT2D eigenvalue weighted by Gasteiger charge is 2.27. The number of pyridine rings is 1. The minimum absolute atomic E-state index is 0.0242. The molecule has 35 heavy (non-hydrogen) atoms. The summed E-state index contributed by atoms with van der Waals surface area (Å²) in [5, 5.41) is 3.32. The Hall–Kier alpha value is -3.20. The average molecular weight is 504 g/mol. The molecule has 0 atom stereocenters. The third kappa shape index (κ3) is 5.56. The number of hydrogen-bond donors (Lipinski definition) is 1. The number of piperidine rings is 1. The molecule has 1 fully saturated rings. The monoisotopic (exact) mass is 503 g/mol. The first kappa shape index (κ1) is 24.9. The number of nitrogens with zero attached hydrogens (tertiary/aromatic N) is 4. The van der Waals surface area contributed by atoms with Crippen molar-refractivity contribution < 1.29 is 18.0 Å². The summed E-state index contributed by atoms with van der Waals surface area (Å²) in [6.45, 7) is 3.84. The molecule has 0 spiro atoms. The molecule has 1 amide bonds. The molecule has 1 aromatic carbocycles. The second-order valence-corrected chi connectivity index (χ2v) is 8.95. The molecular formula is C25H25ClF3N5O. The molecule has 0 unspecified atom stereocenters. The maximum absolute atomic E-state index is 15.0.